The Hall–Kier alpha value is -1.46. The van der Waals surface area contributed by atoms with Crippen LogP contribution >= 0.6 is 0 Å². The van der Waals surface area contributed by atoms with Crippen LogP contribution in [0.3, 0.4) is 0 Å². The lowest BCUT2D eigenvalue weighted by Crippen LogP contribution is -2.04. The third kappa shape index (κ3) is 3.00. The largest absolute Gasteiger partial charge is 0.480 e. The maximum Gasteiger partial charge on any atom is 0.239 e. The minimum absolute atomic E-state index is 0.0517. The Morgan fingerprint density at radius 2 is 2.20 bits per heavy atom. The van der Waals surface area contributed by atoms with Gasteiger partial charge in [-0.2, -0.15) is 0 Å². The first-order valence-electron chi connectivity index (χ1n) is 4.31. The number of ether oxygens (including phenoxy) is 1. The summed E-state index contributed by atoms with van der Waals surface area (Å²) in [6.45, 7) is 0. The Kier molecular flexibility index (Phi) is 3.76. The fraction of sp³-hybridized carbons (Fsp3) is 0.444. The lowest BCUT2D eigenvalue weighted by Gasteiger charge is -2.07. The van der Waals surface area contributed by atoms with Crippen LogP contribution in [0.25, 0.3) is 0 Å². The van der Waals surface area contributed by atoms with Gasteiger partial charge in [0.1, 0.15) is 5.82 Å². The lowest BCUT2D eigenvalue weighted by molar-refractivity contribution is 0.137. The monoisotopic (exact) mass is 220 g/mol. The second-order valence-electron chi connectivity index (χ2n) is 2.95. The lowest BCUT2D eigenvalue weighted by atomic mass is 10.2. The second kappa shape index (κ2) is 4.86. The average Bonchev–Trinajstić information content (AvgIpc) is 2.16. The molecule has 0 aliphatic carbocycles. The number of nitrogen functional groups attached to an aromatic ring is 1. The fourth-order valence-electron chi connectivity index (χ4n) is 1.11. The standard InChI is InChI=1S/C9H11F3N2O/c1-15-9-6(13)4-5(10)7(14-9)2-3-8(11)12/h4,8H,2-3,13H2,1H3. The van der Waals surface area contributed by atoms with E-state index in [4.69, 9.17) is 10.5 Å². The molecule has 0 aromatic carbocycles. The van der Waals surface area contributed by atoms with E-state index >= 15 is 0 Å². The van der Waals surface area contributed by atoms with Gasteiger partial charge in [-0.3, -0.25) is 0 Å². The number of hydrogen-bond donors (Lipinski definition) is 1. The summed E-state index contributed by atoms with van der Waals surface area (Å²) >= 11 is 0. The summed E-state index contributed by atoms with van der Waals surface area (Å²) in [7, 11) is 1.33. The molecule has 0 fully saturated rings. The number of nitrogens with two attached hydrogens (primary N) is 1. The molecule has 0 saturated heterocycles. The normalized spacial score (nSPS) is 10.7. The molecule has 0 amide bonds. The van der Waals surface area contributed by atoms with Crippen molar-refractivity contribution >= 4 is 5.69 Å². The van der Waals surface area contributed by atoms with Crippen molar-refractivity contribution in [2.24, 2.45) is 0 Å². The SMILES string of the molecule is COc1nc(CCC(F)F)c(F)cc1N. The van der Waals surface area contributed by atoms with Crippen molar-refractivity contribution in [1.82, 2.24) is 4.98 Å². The van der Waals surface area contributed by atoms with E-state index in [9.17, 15) is 13.2 Å². The summed E-state index contributed by atoms with van der Waals surface area (Å²) < 4.78 is 41.7. The highest BCUT2D eigenvalue weighted by Gasteiger charge is 2.12. The summed E-state index contributed by atoms with van der Waals surface area (Å²) in [6.07, 6.45) is -3.05. The van der Waals surface area contributed by atoms with Crippen LogP contribution in [-0.4, -0.2) is 18.5 Å². The molecule has 1 heterocycles. The summed E-state index contributed by atoms with van der Waals surface area (Å²) in [5.74, 6) is -0.630. The highest BCUT2D eigenvalue weighted by atomic mass is 19.3. The molecule has 3 nitrogen and oxygen atoms in total. The molecule has 0 unspecified atom stereocenters. The second-order valence-corrected chi connectivity index (χ2v) is 2.95. The van der Waals surface area contributed by atoms with E-state index in [1.165, 1.54) is 7.11 Å². The molecule has 2 N–H and O–H groups in total. The molecule has 0 spiro atoms. The Morgan fingerprint density at radius 3 is 2.73 bits per heavy atom. The van der Waals surface area contributed by atoms with Crippen molar-refractivity contribution in [3.8, 4) is 5.88 Å². The maximum absolute atomic E-state index is 13.2. The van der Waals surface area contributed by atoms with Gasteiger partial charge in [-0.1, -0.05) is 0 Å². The number of nitrogens with zero attached hydrogens (tertiary/aromatic N) is 1. The number of halogens is 3. The van der Waals surface area contributed by atoms with Crippen LogP contribution in [-0.2, 0) is 6.42 Å². The van der Waals surface area contributed by atoms with Gasteiger partial charge in [0.2, 0.25) is 12.3 Å². The van der Waals surface area contributed by atoms with Gasteiger partial charge in [0, 0.05) is 12.5 Å². The predicted molar refractivity (Wildman–Crippen MR) is 49.5 cm³/mol. The topological polar surface area (TPSA) is 48.1 Å². The first-order chi connectivity index (χ1) is 7.04. The van der Waals surface area contributed by atoms with Crippen LogP contribution < -0.4 is 10.5 Å². The Labute approximate surface area is 85.1 Å². The van der Waals surface area contributed by atoms with Crippen LogP contribution in [0.4, 0.5) is 18.9 Å². The highest BCUT2D eigenvalue weighted by molar-refractivity contribution is 5.48. The van der Waals surface area contributed by atoms with Crippen LogP contribution in [0.15, 0.2) is 6.07 Å². The number of pyridine rings is 1. The maximum atomic E-state index is 13.2. The summed E-state index contributed by atoms with van der Waals surface area (Å²) in [5, 5.41) is 0. The molecule has 15 heavy (non-hydrogen) atoms. The van der Waals surface area contributed by atoms with Gasteiger partial charge in [0.05, 0.1) is 18.5 Å². The summed E-state index contributed by atoms with van der Waals surface area (Å²) in [6, 6.07) is 1.02. The molecular formula is C9H11F3N2O. The van der Waals surface area contributed by atoms with Crippen molar-refractivity contribution in [3.05, 3.63) is 17.6 Å². The zero-order chi connectivity index (χ0) is 11.4. The minimum Gasteiger partial charge on any atom is -0.480 e. The fourth-order valence-corrected chi connectivity index (χ4v) is 1.11. The van der Waals surface area contributed by atoms with Crippen molar-refractivity contribution in [1.29, 1.82) is 0 Å². The van der Waals surface area contributed by atoms with Crippen LogP contribution in [0.2, 0.25) is 0 Å². The van der Waals surface area contributed by atoms with Gasteiger partial charge in [-0.05, 0) is 6.42 Å². The first-order valence-corrected chi connectivity index (χ1v) is 4.31. The van der Waals surface area contributed by atoms with E-state index in [2.05, 4.69) is 4.98 Å². The van der Waals surface area contributed by atoms with E-state index < -0.39 is 18.7 Å². The Balaban J connectivity index is 2.87. The summed E-state index contributed by atoms with van der Waals surface area (Å²) in [4.78, 5) is 3.71. The molecule has 0 atom stereocenters. The van der Waals surface area contributed by atoms with Gasteiger partial charge in [-0.15, -0.1) is 0 Å². The smallest absolute Gasteiger partial charge is 0.239 e. The van der Waals surface area contributed by atoms with E-state index in [0.717, 1.165) is 6.07 Å². The van der Waals surface area contributed by atoms with Crippen molar-refractivity contribution in [2.75, 3.05) is 12.8 Å². The molecule has 1 rings (SSSR count). The van der Waals surface area contributed by atoms with E-state index in [-0.39, 0.29) is 23.7 Å². The van der Waals surface area contributed by atoms with E-state index in [1.54, 1.807) is 0 Å². The molecule has 84 valence electrons. The molecule has 1 aromatic heterocycles. The Morgan fingerprint density at radius 1 is 1.53 bits per heavy atom. The van der Waals surface area contributed by atoms with Crippen molar-refractivity contribution in [2.45, 2.75) is 19.3 Å². The van der Waals surface area contributed by atoms with Crippen molar-refractivity contribution < 1.29 is 17.9 Å². The number of aromatic nitrogens is 1. The number of anilines is 1. The van der Waals surface area contributed by atoms with Gasteiger partial charge >= 0.3 is 0 Å². The molecule has 0 aliphatic rings. The first kappa shape index (κ1) is 11.6. The number of aryl methyl sites for hydroxylation is 1. The molecule has 0 bridgehead atoms. The van der Waals surface area contributed by atoms with Crippen molar-refractivity contribution in [3.63, 3.8) is 0 Å². The molecule has 0 aliphatic heterocycles. The molecule has 0 radical (unpaired) electrons. The predicted octanol–water partition coefficient (Wildman–Crippen LogP) is 2.01. The average molecular weight is 220 g/mol. The highest BCUT2D eigenvalue weighted by Crippen LogP contribution is 2.22. The molecule has 6 heteroatoms. The quantitative estimate of drug-likeness (QED) is 0.844. The van der Waals surface area contributed by atoms with Crippen LogP contribution in [0, 0.1) is 5.82 Å². The molecular weight excluding hydrogens is 209 g/mol. The van der Waals surface area contributed by atoms with Crippen LogP contribution in [0.5, 0.6) is 5.88 Å². The Bertz CT molecular complexity index is 344. The minimum atomic E-state index is -2.48. The third-order valence-electron chi connectivity index (χ3n) is 1.83. The van der Waals surface area contributed by atoms with Gasteiger partial charge < -0.3 is 10.5 Å². The van der Waals surface area contributed by atoms with Gasteiger partial charge in [0.25, 0.3) is 0 Å². The summed E-state index contributed by atoms with van der Waals surface area (Å²) in [5.41, 5.74) is 5.38. The zero-order valence-electron chi connectivity index (χ0n) is 8.14. The third-order valence-corrected chi connectivity index (χ3v) is 1.83. The number of methoxy groups -OCH3 is 1. The zero-order valence-corrected chi connectivity index (χ0v) is 8.14. The molecule has 1 aromatic rings. The molecule has 0 saturated carbocycles. The number of hydrogen-bond acceptors (Lipinski definition) is 3. The van der Waals surface area contributed by atoms with Gasteiger partial charge in [-0.25, -0.2) is 18.2 Å². The van der Waals surface area contributed by atoms with E-state index in [0.29, 0.717) is 0 Å². The number of rotatable bonds is 4. The van der Waals surface area contributed by atoms with Gasteiger partial charge in [0.15, 0.2) is 0 Å². The van der Waals surface area contributed by atoms with Crippen LogP contribution in [0.1, 0.15) is 12.1 Å². The van der Waals surface area contributed by atoms with E-state index in [1.807, 2.05) is 0 Å². The number of alkyl halides is 2.